The Morgan fingerprint density at radius 2 is 1.92 bits per heavy atom. The molecule has 0 unspecified atom stereocenters. The number of hydrogen-bond acceptors (Lipinski definition) is 4. The zero-order valence-corrected chi connectivity index (χ0v) is 14.0. The van der Waals surface area contributed by atoms with Crippen LogP contribution in [0.15, 0.2) is 55.1 Å². The van der Waals surface area contributed by atoms with Crippen molar-refractivity contribution in [2.24, 2.45) is 5.73 Å². The minimum absolute atomic E-state index is 0.145. The van der Waals surface area contributed by atoms with E-state index in [0.717, 1.165) is 5.56 Å². The molecule has 2 aromatic rings. The highest BCUT2D eigenvalue weighted by molar-refractivity contribution is 5.95. The molecule has 0 aliphatic carbocycles. The number of carbonyl (C=O) groups is 2. The minimum Gasteiger partial charge on any atom is -0.497 e. The van der Waals surface area contributed by atoms with Crippen LogP contribution in [0, 0.1) is 0 Å². The van der Waals surface area contributed by atoms with E-state index in [9.17, 15) is 9.59 Å². The van der Waals surface area contributed by atoms with Gasteiger partial charge in [-0.3, -0.25) is 9.59 Å². The molecule has 0 saturated heterocycles. The van der Waals surface area contributed by atoms with E-state index in [-0.39, 0.29) is 12.5 Å². The van der Waals surface area contributed by atoms with Gasteiger partial charge in [0.2, 0.25) is 5.91 Å². The van der Waals surface area contributed by atoms with Gasteiger partial charge >= 0.3 is 0 Å². The SMILES string of the molecule is C=CCc1cc(OC)ccc1OCC(=O)Nc1ccc(C(N)=O)cc1. The lowest BCUT2D eigenvalue weighted by atomic mass is 10.1. The third kappa shape index (κ3) is 5.10. The largest absolute Gasteiger partial charge is 0.497 e. The number of carbonyl (C=O) groups excluding carboxylic acids is 2. The molecule has 25 heavy (non-hydrogen) atoms. The van der Waals surface area contributed by atoms with Crippen molar-refractivity contribution >= 4 is 17.5 Å². The molecule has 0 aromatic heterocycles. The van der Waals surface area contributed by atoms with Gasteiger partial charge in [-0.1, -0.05) is 6.08 Å². The maximum atomic E-state index is 12.0. The van der Waals surface area contributed by atoms with Gasteiger partial charge in [-0.05, 0) is 48.9 Å². The molecule has 130 valence electrons. The van der Waals surface area contributed by atoms with Gasteiger partial charge in [0.05, 0.1) is 7.11 Å². The maximum absolute atomic E-state index is 12.0. The summed E-state index contributed by atoms with van der Waals surface area (Å²) in [5.74, 6) is 0.478. The van der Waals surface area contributed by atoms with E-state index in [1.165, 1.54) is 0 Å². The number of rotatable bonds is 8. The number of primary amides is 1. The van der Waals surface area contributed by atoms with Crippen molar-refractivity contribution in [3.05, 3.63) is 66.2 Å². The Bertz CT molecular complexity index is 769. The first-order valence-corrected chi connectivity index (χ1v) is 7.64. The highest BCUT2D eigenvalue weighted by Gasteiger charge is 2.09. The molecular formula is C19H20N2O4. The lowest BCUT2D eigenvalue weighted by molar-refractivity contribution is -0.118. The molecule has 0 aliphatic rings. The van der Waals surface area contributed by atoms with Crippen LogP contribution in [0.2, 0.25) is 0 Å². The molecule has 0 fully saturated rings. The van der Waals surface area contributed by atoms with Crippen LogP contribution in [0.3, 0.4) is 0 Å². The number of methoxy groups -OCH3 is 1. The fourth-order valence-electron chi connectivity index (χ4n) is 2.20. The van der Waals surface area contributed by atoms with Crippen LogP contribution < -0.4 is 20.5 Å². The Morgan fingerprint density at radius 1 is 1.20 bits per heavy atom. The van der Waals surface area contributed by atoms with Crippen LogP contribution in [0.25, 0.3) is 0 Å². The van der Waals surface area contributed by atoms with E-state index in [1.807, 2.05) is 6.07 Å². The fraction of sp³-hybridized carbons (Fsp3) is 0.158. The number of hydrogen-bond donors (Lipinski definition) is 2. The average Bonchev–Trinajstić information content (AvgIpc) is 2.61. The van der Waals surface area contributed by atoms with Crippen molar-refractivity contribution < 1.29 is 19.1 Å². The molecule has 2 amide bonds. The number of benzene rings is 2. The predicted octanol–water partition coefficient (Wildman–Crippen LogP) is 2.54. The second kappa shape index (κ2) is 8.54. The molecule has 6 heteroatoms. The van der Waals surface area contributed by atoms with Crippen LogP contribution in [0.5, 0.6) is 11.5 Å². The molecule has 0 spiro atoms. The Kier molecular flexibility index (Phi) is 6.17. The second-order valence-electron chi connectivity index (χ2n) is 5.24. The van der Waals surface area contributed by atoms with Crippen molar-refractivity contribution in [1.82, 2.24) is 0 Å². The number of allylic oxidation sites excluding steroid dienone is 1. The fourth-order valence-corrected chi connectivity index (χ4v) is 2.20. The molecule has 0 saturated carbocycles. The first-order valence-electron chi connectivity index (χ1n) is 7.64. The highest BCUT2D eigenvalue weighted by Crippen LogP contribution is 2.25. The molecule has 3 N–H and O–H groups in total. The molecule has 6 nitrogen and oxygen atoms in total. The summed E-state index contributed by atoms with van der Waals surface area (Å²) in [5.41, 5.74) is 6.99. The van der Waals surface area contributed by atoms with Crippen LogP contribution >= 0.6 is 0 Å². The van der Waals surface area contributed by atoms with Crippen molar-refractivity contribution in [1.29, 1.82) is 0 Å². The third-order valence-corrected chi connectivity index (χ3v) is 3.44. The number of anilines is 1. The number of amides is 2. The van der Waals surface area contributed by atoms with Crippen molar-refractivity contribution in [2.75, 3.05) is 19.0 Å². The lowest BCUT2D eigenvalue weighted by Crippen LogP contribution is -2.20. The Morgan fingerprint density at radius 3 is 2.52 bits per heavy atom. The molecule has 0 aliphatic heterocycles. The summed E-state index contributed by atoms with van der Waals surface area (Å²) < 4.78 is 10.8. The Hall–Kier alpha value is -3.28. The maximum Gasteiger partial charge on any atom is 0.262 e. The first-order chi connectivity index (χ1) is 12.0. The van der Waals surface area contributed by atoms with Gasteiger partial charge in [-0.25, -0.2) is 0 Å². The average molecular weight is 340 g/mol. The smallest absolute Gasteiger partial charge is 0.262 e. The zero-order valence-electron chi connectivity index (χ0n) is 14.0. The van der Waals surface area contributed by atoms with Gasteiger partial charge in [0, 0.05) is 16.8 Å². The molecule has 0 heterocycles. The van der Waals surface area contributed by atoms with Crippen molar-refractivity contribution in [2.45, 2.75) is 6.42 Å². The standard InChI is InChI=1S/C19H20N2O4/c1-3-4-14-11-16(24-2)9-10-17(14)25-12-18(22)21-15-7-5-13(6-8-15)19(20)23/h3,5-11H,1,4,12H2,2H3,(H2,20,23)(H,21,22). The van der Waals surface area contributed by atoms with E-state index in [1.54, 1.807) is 49.6 Å². The summed E-state index contributed by atoms with van der Waals surface area (Å²) in [5, 5.41) is 2.69. The van der Waals surface area contributed by atoms with E-state index < -0.39 is 5.91 Å². The molecule has 0 bridgehead atoms. The molecule has 0 atom stereocenters. The van der Waals surface area contributed by atoms with Crippen molar-refractivity contribution in [3.63, 3.8) is 0 Å². The van der Waals surface area contributed by atoms with Gasteiger partial charge < -0.3 is 20.5 Å². The first kappa shape index (κ1) is 18.1. The highest BCUT2D eigenvalue weighted by atomic mass is 16.5. The normalized spacial score (nSPS) is 9.96. The summed E-state index contributed by atoms with van der Waals surface area (Å²) in [6, 6.07) is 11.7. The minimum atomic E-state index is -0.518. The van der Waals surface area contributed by atoms with E-state index in [4.69, 9.17) is 15.2 Å². The molecule has 2 aromatic carbocycles. The summed E-state index contributed by atoms with van der Waals surface area (Å²) in [7, 11) is 1.59. The van der Waals surface area contributed by atoms with Crippen LogP contribution in [0.1, 0.15) is 15.9 Å². The third-order valence-electron chi connectivity index (χ3n) is 3.44. The number of ether oxygens (including phenoxy) is 2. The van der Waals surface area contributed by atoms with E-state index >= 15 is 0 Å². The predicted molar refractivity (Wildman–Crippen MR) is 96.0 cm³/mol. The van der Waals surface area contributed by atoms with Gasteiger partial charge in [-0.15, -0.1) is 6.58 Å². The van der Waals surface area contributed by atoms with Gasteiger partial charge in [-0.2, -0.15) is 0 Å². The van der Waals surface area contributed by atoms with Gasteiger partial charge in [0.15, 0.2) is 6.61 Å². The second-order valence-corrected chi connectivity index (χ2v) is 5.24. The molecule has 0 radical (unpaired) electrons. The van der Waals surface area contributed by atoms with Crippen LogP contribution in [-0.4, -0.2) is 25.5 Å². The van der Waals surface area contributed by atoms with Gasteiger partial charge in [0.25, 0.3) is 5.91 Å². The lowest BCUT2D eigenvalue weighted by Gasteiger charge is -2.12. The zero-order chi connectivity index (χ0) is 18.2. The van der Waals surface area contributed by atoms with E-state index in [0.29, 0.717) is 29.2 Å². The van der Waals surface area contributed by atoms with Crippen molar-refractivity contribution in [3.8, 4) is 11.5 Å². The monoisotopic (exact) mass is 340 g/mol. The van der Waals surface area contributed by atoms with Gasteiger partial charge in [0.1, 0.15) is 11.5 Å². The van der Waals surface area contributed by atoms with E-state index in [2.05, 4.69) is 11.9 Å². The molecular weight excluding hydrogens is 320 g/mol. The van der Waals surface area contributed by atoms with Crippen LogP contribution in [0.4, 0.5) is 5.69 Å². The quantitative estimate of drug-likeness (QED) is 0.723. The summed E-state index contributed by atoms with van der Waals surface area (Å²) >= 11 is 0. The Balaban J connectivity index is 1.97. The molecule has 2 rings (SSSR count). The summed E-state index contributed by atoms with van der Waals surface area (Å²) in [6.45, 7) is 3.57. The summed E-state index contributed by atoms with van der Waals surface area (Å²) in [4.78, 5) is 23.0. The number of nitrogens with one attached hydrogen (secondary N) is 1. The topological polar surface area (TPSA) is 90.7 Å². The van der Waals surface area contributed by atoms with Crippen LogP contribution in [-0.2, 0) is 11.2 Å². The Labute approximate surface area is 146 Å². The summed E-state index contributed by atoms with van der Waals surface area (Å²) in [6.07, 6.45) is 2.35. The number of nitrogens with two attached hydrogens (primary N) is 1.